The molecule has 1 heterocycles. The normalized spacial score (nSPS) is 12.9. The summed E-state index contributed by atoms with van der Waals surface area (Å²) in [5.41, 5.74) is 5.26. The van der Waals surface area contributed by atoms with Crippen LogP contribution in [0, 0.1) is 6.92 Å². The molecule has 1 aliphatic carbocycles. The van der Waals surface area contributed by atoms with E-state index in [0.717, 1.165) is 27.8 Å². The molecule has 2 amide bonds. The van der Waals surface area contributed by atoms with Gasteiger partial charge in [0.1, 0.15) is 18.5 Å². The second kappa shape index (κ2) is 10.2. The molecule has 4 rings (SSSR count). The topological polar surface area (TPSA) is 118 Å². The van der Waals surface area contributed by atoms with Crippen LogP contribution in [0.25, 0.3) is 11.1 Å². The van der Waals surface area contributed by atoms with Crippen molar-refractivity contribution in [3.63, 3.8) is 0 Å². The zero-order valence-electron chi connectivity index (χ0n) is 18.7. The van der Waals surface area contributed by atoms with Gasteiger partial charge in [-0.3, -0.25) is 9.59 Å². The second-order valence-electron chi connectivity index (χ2n) is 8.16. The smallest absolute Gasteiger partial charge is 0.407 e. The Morgan fingerprint density at radius 1 is 1.03 bits per heavy atom. The van der Waals surface area contributed by atoms with Crippen LogP contribution in [0.2, 0.25) is 0 Å². The molecule has 0 radical (unpaired) electrons. The van der Waals surface area contributed by atoms with E-state index in [2.05, 4.69) is 15.6 Å². The molecule has 8 heteroatoms. The van der Waals surface area contributed by atoms with E-state index in [1.54, 1.807) is 18.3 Å². The van der Waals surface area contributed by atoms with Gasteiger partial charge in [-0.25, -0.2) is 9.78 Å². The van der Waals surface area contributed by atoms with Gasteiger partial charge in [0, 0.05) is 18.5 Å². The summed E-state index contributed by atoms with van der Waals surface area (Å²) in [7, 11) is 0. The Labute approximate surface area is 197 Å². The van der Waals surface area contributed by atoms with E-state index < -0.39 is 24.0 Å². The van der Waals surface area contributed by atoms with E-state index >= 15 is 0 Å². The number of rotatable bonds is 8. The number of carbonyl (C=O) groups is 3. The minimum absolute atomic E-state index is 0.0861. The van der Waals surface area contributed by atoms with Gasteiger partial charge in [-0.15, -0.1) is 0 Å². The van der Waals surface area contributed by atoms with Gasteiger partial charge in [-0.1, -0.05) is 48.5 Å². The van der Waals surface area contributed by atoms with Gasteiger partial charge >= 0.3 is 12.1 Å². The van der Waals surface area contributed by atoms with Gasteiger partial charge in [-0.2, -0.15) is 0 Å². The minimum atomic E-state index is -1.09. The number of carboxylic acid groups (broad SMARTS) is 1. The standard InChI is InChI=1S/C26H25N3O5/c1-16-12-13-27-23(14-16)29-25(32)22(10-11-24(30)31)28-26(33)34-15-21-19-8-4-2-6-17(19)18-7-3-5-9-20(18)21/h2-9,12-14,21-22H,10-11,15H2,1H3,(H,28,33)(H,30,31)(H,27,29,32). The molecule has 8 nitrogen and oxygen atoms in total. The predicted molar refractivity (Wildman–Crippen MR) is 126 cm³/mol. The molecule has 2 aromatic carbocycles. The van der Waals surface area contributed by atoms with E-state index in [-0.39, 0.29) is 25.4 Å². The first-order valence-corrected chi connectivity index (χ1v) is 11.0. The molecular weight excluding hydrogens is 434 g/mol. The van der Waals surface area contributed by atoms with Crippen molar-refractivity contribution in [2.45, 2.75) is 31.7 Å². The highest BCUT2D eigenvalue weighted by molar-refractivity contribution is 5.96. The molecule has 34 heavy (non-hydrogen) atoms. The Morgan fingerprint density at radius 3 is 2.29 bits per heavy atom. The minimum Gasteiger partial charge on any atom is -0.481 e. The highest BCUT2D eigenvalue weighted by atomic mass is 16.5. The number of hydrogen-bond acceptors (Lipinski definition) is 5. The van der Waals surface area contributed by atoms with Gasteiger partial charge < -0.3 is 20.5 Å². The predicted octanol–water partition coefficient (Wildman–Crippen LogP) is 4.10. The monoisotopic (exact) mass is 459 g/mol. The van der Waals surface area contributed by atoms with E-state index in [4.69, 9.17) is 9.84 Å². The van der Waals surface area contributed by atoms with Crippen molar-refractivity contribution in [3.8, 4) is 11.1 Å². The summed E-state index contributed by atoms with van der Waals surface area (Å²) in [5, 5.41) is 14.2. The summed E-state index contributed by atoms with van der Waals surface area (Å²) in [6.07, 6.45) is 0.390. The summed E-state index contributed by atoms with van der Waals surface area (Å²) >= 11 is 0. The molecule has 0 bridgehead atoms. The molecule has 0 spiro atoms. The van der Waals surface area contributed by atoms with Gasteiger partial charge in [0.2, 0.25) is 5.91 Å². The number of pyridine rings is 1. The van der Waals surface area contributed by atoms with Gasteiger partial charge in [-0.05, 0) is 53.3 Å². The lowest BCUT2D eigenvalue weighted by atomic mass is 9.98. The van der Waals surface area contributed by atoms with Crippen molar-refractivity contribution in [2.75, 3.05) is 11.9 Å². The number of nitrogens with zero attached hydrogens (tertiary/aromatic N) is 1. The lowest BCUT2D eigenvalue weighted by Crippen LogP contribution is -2.44. The number of nitrogens with one attached hydrogen (secondary N) is 2. The third-order valence-electron chi connectivity index (χ3n) is 5.77. The number of alkyl carbamates (subject to hydrolysis) is 1. The van der Waals surface area contributed by atoms with Crippen molar-refractivity contribution in [2.24, 2.45) is 0 Å². The molecule has 0 fully saturated rings. The highest BCUT2D eigenvalue weighted by Crippen LogP contribution is 2.44. The SMILES string of the molecule is Cc1ccnc(NC(=O)C(CCC(=O)O)NC(=O)OCC2c3ccccc3-c3ccccc32)c1. The fourth-order valence-corrected chi connectivity index (χ4v) is 4.14. The van der Waals surface area contributed by atoms with Crippen LogP contribution in [-0.2, 0) is 14.3 Å². The number of ether oxygens (including phenoxy) is 1. The fraction of sp³-hybridized carbons (Fsp3) is 0.231. The molecule has 3 aromatic rings. The van der Waals surface area contributed by atoms with Crippen molar-refractivity contribution < 1.29 is 24.2 Å². The first-order valence-electron chi connectivity index (χ1n) is 11.0. The van der Waals surface area contributed by atoms with Crippen LogP contribution in [0.4, 0.5) is 10.6 Å². The number of fused-ring (bicyclic) bond motifs is 3. The Morgan fingerprint density at radius 2 is 1.68 bits per heavy atom. The maximum absolute atomic E-state index is 12.7. The molecule has 0 aliphatic heterocycles. The molecule has 174 valence electrons. The van der Waals surface area contributed by atoms with E-state index in [1.165, 1.54) is 0 Å². The van der Waals surface area contributed by atoms with Crippen molar-refractivity contribution in [1.82, 2.24) is 10.3 Å². The Bertz CT molecular complexity index is 1180. The van der Waals surface area contributed by atoms with Crippen LogP contribution in [0.15, 0.2) is 66.9 Å². The lowest BCUT2D eigenvalue weighted by molar-refractivity contribution is -0.137. The average Bonchev–Trinajstić information content (AvgIpc) is 3.14. The first-order chi connectivity index (χ1) is 16.4. The molecule has 1 unspecified atom stereocenters. The third kappa shape index (κ3) is 5.23. The van der Waals surface area contributed by atoms with Crippen LogP contribution in [-0.4, -0.2) is 40.7 Å². The first kappa shape index (κ1) is 23.0. The van der Waals surface area contributed by atoms with Crippen molar-refractivity contribution in [3.05, 3.63) is 83.6 Å². The molecule has 1 aliphatic rings. The summed E-state index contributed by atoms with van der Waals surface area (Å²) in [6, 6.07) is 18.3. The molecule has 1 aromatic heterocycles. The number of aliphatic carboxylic acids is 1. The van der Waals surface area contributed by atoms with Crippen molar-refractivity contribution in [1.29, 1.82) is 0 Å². The molecule has 3 N–H and O–H groups in total. The van der Waals surface area contributed by atoms with Crippen LogP contribution < -0.4 is 10.6 Å². The van der Waals surface area contributed by atoms with Gasteiger partial charge in [0.05, 0.1) is 0 Å². The molecule has 0 saturated carbocycles. The van der Waals surface area contributed by atoms with Gasteiger partial charge in [0.25, 0.3) is 0 Å². The number of aromatic nitrogens is 1. The number of hydrogen-bond donors (Lipinski definition) is 3. The number of amides is 2. The van der Waals surface area contributed by atoms with Crippen LogP contribution >= 0.6 is 0 Å². The Hall–Kier alpha value is -4.20. The fourth-order valence-electron chi connectivity index (χ4n) is 4.14. The molecular formula is C26H25N3O5. The van der Waals surface area contributed by atoms with Crippen molar-refractivity contribution >= 4 is 23.8 Å². The van der Waals surface area contributed by atoms with Gasteiger partial charge in [0.15, 0.2) is 0 Å². The third-order valence-corrected chi connectivity index (χ3v) is 5.77. The summed E-state index contributed by atoms with van der Waals surface area (Å²) in [6.45, 7) is 1.95. The molecule has 0 saturated heterocycles. The number of anilines is 1. The number of benzene rings is 2. The zero-order valence-corrected chi connectivity index (χ0v) is 18.7. The number of carboxylic acids is 1. The van der Waals surface area contributed by atoms with E-state index in [1.807, 2.05) is 55.5 Å². The number of carbonyl (C=O) groups excluding carboxylic acids is 2. The highest BCUT2D eigenvalue weighted by Gasteiger charge is 2.30. The van der Waals surface area contributed by atoms with Crippen LogP contribution in [0.3, 0.4) is 0 Å². The quantitative estimate of drug-likeness (QED) is 0.467. The Kier molecular flexibility index (Phi) is 6.87. The second-order valence-corrected chi connectivity index (χ2v) is 8.16. The maximum Gasteiger partial charge on any atom is 0.407 e. The summed E-state index contributed by atoms with van der Waals surface area (Å²) < 4.78 is 5.50. The van der Waals surface area contributed by atoms with E-state index in [9.17, 15) is 14.4 Å². The maximum atomic E-state index is 12.7. The molecule has 1 atom stereocenters. The lowest BCUT2D eigenvalue weighted by Gasteiger charge is -2.19. The largest absolute Gasteiger partial charge is 0.481 e. The van der Waals surface area contributed by atoms with Crippen LogP contribution in [0.5, 0.6) is 0 Å². The summed E-state index contributed by atoms with van der Waals surface area (Å²) in [5.74, 6) is -1.44. The van der Waals surface area contributed by atoms with Crippen LogP contribution in [0.1, 0.15) is 35.4 Å². The number of aryl methyl sites for hydroxylation is 1. The van der Waals surface area contributed by atoms with E-state index in [0.29, 0.717) is 5.82 Å². The average molecular weight is 460 g/mol. The zero-order chi connectivity index (χ0) is 24.1. The Balaban J connectivity index is 1.43. The summed E-state index contributed by atoms with van der Waals surface area (Å²) in [4.78, 5) is 40.5.